The zero-order valence-corrected chi connectivity index (χ0v) is 16.9. The van der Waals surface area contributed by atoms with Crippen molar-refractivity contribution >= 4 is 50.2 Å². The van der Waals surface area contributed by atoms with Crippen LogP contribution in [0.25, 0.3) is 10.8 Å². The Morgan fingerprint density at radius 3 is 2.52 bits per heavy atom. The van der Waals surface area contributed by atoms with E-state index in [1.807, 2.05) is 39.0 Å². The number of amides is 1. The van der Waals surface area contributed by atoms with Crippen LogP contribution >= 0.6 is 27.5 Å². The molecule has 0 radical (unpaired) electrons. The van der Waals surface area contributed by atoms with Crippen LogP contribution in [0, 0.1) is 0 Å². The molecule has 0 atom stereocenters. The summed E-state index contributed by atoms with van der Waals surface area (Å²) in [5.41, 5.74) is -0.478. The largest absolute Gasteiger partial charge is 0.444 e. The van der Waals surface area contributed by atoms with Crippen molar-refractivity contribution in [3.8, 4) is 0 Å². The summed E-state index contributed by atoms with van der Waals surface area (Å²) in [5.74, 6) is 0.893. The number of carbonyl (C=O) groups excluding carboxylic acids is 1. The highest BCUT2D eigenvalue weighted by molar-refractivity contribution is 9.10. The third-order valence-corrected chi connectivity index (χ3v) is 4.81. The first kappa shape index (κ1) is 18.3. The third kappa shape index (κ3) is 4.18. The third-order valence-electron chi connectivity index (χ3n) is 4.01. The Balaban J connectivity index is 1.78. The number of fused-ring (bicyclic) bond motifs is 1. The molecule has 1 aliphatic heterocycles. The number of carbonyl (C=O) groups is 1. The van der Waals surface area contributed by atoms with Crippen LogP contribution in [0.2, 0.25) is 5.02 Å². The number of hydrogen-bond donors (Lipinski definition) is 0. The summed E-state index contributed by atoms with van der Waals surface area (Å²) in [4.78, 5) is 20.7. The van der Waals surface area contributed by atoms with Gasteiger partial charge in [0.1, 0.15) is 11.4 Å². The number of benzene rings is 1. The SMILES string of the molecule is CC(C)(C)OC(=O)N1CCN(c2ncc(Cl)c3ccc(Br)cc23)CC1. The molecule has 3 rings (SSSR count). The van der Waals surface area contributed by atoms with E-state index in [1.165, 1.54) is 0 Å². The number of ether oxygens (including phenoxy) is 1. The molecule has 0 unspecified atom stereocenters. The summed E-state index contributed by atoms with van der Waals surface area (Å²) in [7, 11) is 0. The molecule has 25 heavy (non-hydrogen) atoms. The van der Waals surface area contributed by atoms with E-state index in [1.54, 1.807) is 11.1 Å². The van der Waals surface area contributed by atoms with Crippen LogP contribution in [0.3, 0.4) is 0 Å². The fourth-order valence-corrected chi connectivity index (χ4v) is 3.42. The lowest BCUT2D eigenvalue weighted by atomic mass is 10.1. The molecule has 5 nitrogen and oxygen atoms in total. The summed E-state index contributed by atoms with van der Waals surface area (Å²) in [6, 6.07) is 5.99. The molecule has 0 aliphatic carbocycles. The lowest BCUT2D eigenvalue weighted by molar-refractivity contribution is 0.0240. The number of nitrogens with zero attached hydrogens (tertiary/aromatic N) is 3. The monoisotopic (exact) mass is 425 g/mol. The van der Waals surface area contributed by atoms with Gasteiger partial charge in [-0.1, -0.05) is 33.6 Å². The second-order valence-electron chi connectivity index (χ2n) is 7.07. The normalized spacial score (nSPS) is 15.6. The van der Waals surface area contributed by atoms with Crippen molar-refractivity contribution in [2.45, 2.75) is 26.4 Å². The van der Waals surface area contributed by atoms with Crippen molar-refractivity contribution in [1.29, 1.82) is 0 Å². The predicted molar refractivity (Wildman–Crippen MR) is 104 cm³/mol. The second-order valence-corrected chi connectivity index (χ2v) is 8.40. The Labute approximate surface area is 161 Å². The van der Waals surface area contributed by atoms with Gasteiger partial charge in [-0.3, -0.25) is 0 Å². The van der Waals surface area contributed by atoms with Gasteiger partial charge in [-0.2, -0.15) is 0 Å². The minimum absolute atomic E-state index is 0.260. The highest BCUT2D eigenvalue weighted by Crippen LogP contribution is 2.32. The molecule has 0 bridgehead atoms. The van der Waals surface area contributed by atoms with Gasteiger partial charge in [0.2, 0.25) is 0 Å². The first-order valence-electron chi connectivity index (χ1n) is 8.21. The average Bonchev–Trinajstić information content (AvgIpc) is 2.54. The first-order valence-corrected chi connectivity index (χ1v) is 9.38. The molecule has 1 aliphatic rings. The minimum Gasteiger partial charge on any atom is -0.444 e. The molecule has 2 aromatic rings. The van der Waals surface area contributed by atoms with Gasteiger partial charge in [0.25, 0.3) is 0 Å². The zero-order valence-electron chi connectivity index (χ0n) is 14.6. The van der Waals surface area contributed by atoms with Crippen molar-refractivity contribution < 1.29 is 9.53 Å². The Hall–Kier alpha value is -1.53. The van der Waals surface area contributed by atoms with Gasteiger partial charge in [0.15, 0.2) is 0 Å². The van der Waals surface area contributed by atoms with E-state index in [0.29, 0.717) is 31.2 Å². The smallest absolute Gasteiger partial charge is 0.410 e. The number of pyridine rings is 1. The van der Waals surface area contributed by atoms with Crippen molar-refractivity contribution in [2.75, 3.05) is 31.1 Å². The summed E-state index contributed by atoms with van der Waals surface area (Å²) in [6.07, 6.45) is 1.43. The Kier molecular flexibility index (Phi) is 5.11. The molecular weight excluding hydrogens is 406 g/mol. The van der Waals surface area contributed by atoms with Crippen LogP contribution in [0.1, 0.15) is 20.8 Å². The van der Waals surface area contributed by atoms with E-state index in [4.69, 9.17) is 16.3 Å². The number of anilines is 1. The van der Waals surface area contributed by atoms with Gasteiger partial charge in [0.05, 0.1) is 5.02 Å². The summed E-state index contributed by atoms with van der Waals surface area (Å²) < 4.78 is 6.43. The standard InChI is InChI=1S/C18H21BrClN3O2/c1-18(2,3)25-17(24)23-8-6-22(7-9-23)16-14-10-12(19)4-5-13(14)15(20)11-21-16/h4-5,10-11H,6-9H2,1-3H3. The average molecular weight is 427 g/mol. The quantitative estimate of drug-likeness (QED) is 0.662. The van der Waals surface area contributed by atoms with E-state index in [0.717, 1.165) is 21.1 Å². The minimum atomic E-state index is -0.478. The molecule has 2 heterocycles. The Bertz CT molecular complexity index is 799. The van der Waals surface area contributed by atoms with Gasteiger partial charge in [-0.15, -0.1) is 0 Å². The topological polar surface area (TPSA) is 45.7 Å². The zero-order chi connectivity index (χ0) is 18.2. The van der Waals surface area contributed by atoms with Crippen molar-refractivity contribution in [2.24, 2.45) is 0 Å². The number of rotatable bonds is 1. The summed E-state index contributed by atoms with van der Waals surface area (Å²) in [5, 5.41) is 2.62. The van der Waals surface area contributed by atoms with Gasteiger partial charge in [-0.05, 0) is 32.9 Å². The molecule has 0 saturated carbocycles. The molecule has 1 fully saturated rings. The highest BCUT2D eigenvalue weighted by atomic mass is 79.9. The van der Waals surface area contributed by atoms with E-state index in [-0.39, 0.29) is 6.09 Å². The first-order chi connectivity index (χ1) is 11.7. The van der Waals surface area contributed by atoms with Gasteiger partial charge < -0.3 is 14.5 Å². The summed E-state index contributed by atoms with van der Waals surface area (Å²) >= 11 is 9.79. The lowest BCUT2D eigenvalue weighted by Gasteiger charge is -2.36. The molecule has 7 heteroatoms. The predicted octanol–water partition coefficient (Wildman–Crippen LogP) is 4.71. The molecule has 1 aromatic carbocycles. The fourth-order valence-electron chi connectivity index (χ4n) is 2.85. The number of piperazine rings is 1. The van der Waals surface area contributed by atoms with Crippen LogP contribution < -0.4 is 4.90 Å². The van der Waals surface area contributed by atoms with Gasteiger partial charge >= 0.3 is 6.09 Å². The molecule has 1 aromatic heterocycles. The summed E-state index contributed by atoms with van der Waals surface area (Å²) in [6.45, 7) is 8.25. The molecule has 1 amide bonds. The molecular formula is C18H21BrClN3O2. The Morgan fingerprint density at radius 2 is 1.88 bits per heavy atom. The molecule has 0 N–H and O–H groups in total. The van der Waals surface area contributed by atoms with E-state index in [9.17, 15) is 4.79 Å². The maximum absolute atomic E-state index is 12.2. The van der Waals surface area contributed by atoms with Crippen molar-refractivity contribution in [1.82, 2.24) is 9.88 Å². The van der Waals surface area contributed by atoms with Crippen LogP contribution in [0.5, 0.6) is 0 Å². The van der Waals surface area contributed by atoms with Crippen LogP contribution in [-0.4, -0.2) is 47.8 Å². The van der Waals surface area contributed by atoms with E-state index in [2.05, 4.69) is 25.8 Å². The van der Waals surface area contributed by atoms with Crippen molar-refractivity contribution in [3.05, 3.63) is 33.9 Å². The number of aromatic nitrogens is 1. The van der Waals surface area contributed by atoms with Crippen molar-refractivity contribution in [3.63, 3.8) is 0 Å². The maximum atomic E-state index is 12.2. The molecule has 1 saturated heterocycles. The molecule has 0 spiro atoms. The van der Waals surface area contributed by atoms with Crippen LogP contribution in [-0.2, 0) is 4.74 Å². The van der Waals surface area contributed by atoms with Crippen LogP contribution in [0.4, 0.5) is 10.6 Å². The maximum Gasteiger partial charge on any atom is 0.410 e. The van der Waals surface area contributed by atoms with Gasteiger partial charge in [0, 0.05) is 47.6 Å². The van der Waals surface area contributed by atoms with Crippen LogP contribution in [0.15, 0.2) is 28.9 Å². The fraction of sp³-hybridized carbons (Fsp3) is 0.444. The van der Waals surface area contributed by atoms with Gasteiger partial charge in [-0.25, -0.2) is 9.78 Å². The lowest BCUT2D eigenvalue weighted by Crippen LogP contribution is -2.50. The highest BCUT2D eigenvalue weighted by Gasteiger charge is 2.27. The second kappa shape index (κ2) is 7.00. The van der Waals surface area contributed by atoms with E-state index >= 15 is 0 Å². The number of hydrogen-bond acceptors (Lipinski definition) is 4. The van der Waals surface area contributed by atoms with E-state index < -0.39 is 5.60 Å². The molecule has 134 valence electrons. The Morgan fingerprint density at radius 1 is 1.20 bits per heavy atom. The number of halogens is 2.